The lowest BCUT2D eigenvalue weighted by molar-refractivity contribution is 0.0474. The summed E-state index contributed by atoms with van der Waals surface area (Å²) in [5, 5.41) is 0.296. The van der Waals surface area contributed by atoms with Gasteiger partial charge in [0, 0.05) is 10.5 Å². The van der Waals surface area contributed by atoms with Gasteiger partial charge in [-0.1, -0.05) is 11.6 Å². The second-order valence-electron chi connectivity index (χ2n) is 4.57. The molecule has 0 heterocycles. The van der Waals surface area contributed by atoms with Crippen LogP contribution in [0.3, 0.4) is 0 Å². The number of thioether (sulfide) groups is 1. The average Bonchev–Trinajstić information content (AvgIpc) is 2.59. The number of hydrogen-bond acceptors (Lipinski definition) is 5. The molecule has 0 aliphatic carbocycles. The number of Topliss-reactive ketones (excluding diaryl/α,β-unsaturated/α-hetero) is 1. The third-order valence-electron chi connectivity index (χ3n) is 3.14. The highest BCUT2D eigenvalue weighted by Gasteiger charge is 2.15. The van der Waals surface area contributed by atoms with Gasteiger partial charge in [-0.25, -0.2) is 4.79 Å². The molecule has 0 aromatic heterocycles. The monoisotopic (exact) mass is 350 g/mol. The first kappa shape index (κ1) is 17.4. The maximum atomic E-state index is 12.1. The Labute approximate surface area is 143 Å². The molecule has 0 saturated heterocycles. The summed E-state index contributed by atoms with van der Waals surface area (Å²) in [6, 6.07) is 11.7. The molecular formula is C17H15ClO4S. The van der Waals surface area contributed by atoms with Crippen LogP contribution < -0.4 is 4.74 Å². The van der Waals surface area contributed by atoms with Crippen molar-refractivity contribution >= 4 is 35.1 Å². The Bertz CT molecular complexity index is 713. The largest absolute Gasteiger partial charge is 0.497 e. The number of carbonyl (C=O) groups excluding carboxylic acids is 2. The van der Waals surface area contributed by atoms with Crippen LogP contribution in [0.5, 0.6) is 5.75 Å². The first-order chi connectivity index (χ1) is 11.0. The van der Waals surface area contributed by atoms with Crippen LogP contribution in [-0.4, -0.2) is 31.7 Å². The van der Waals surface area contributed by atoms with Gasteiger partial charge in [0.05, 0.1) is 17.7 Å². The minimum Gasteiger partial charge on any atom is -0.497 e. The Hall–Kier alpha value is -1.98. The van der Waals surface area contributed by atoms with E-state index in [0.29, 0.717) is 16.3 Å². The molecule has 0 amide bonds. The molecule has 0 atom stereocenters. The lowest BCUT2D eigenvalue weighted by Gasteiger charge is -2.07. The van der Waals surface area contributed by atoms with Crippen molar-refractivity contribution in [3.05, 3.63) is 58.6 Å². The van der Waals surface area contributed by atoms with Crippen LogP contribution in [0.1, 0.15) is 20.7 Å². The SMILES string of the molecule is COc1ccc(C(=O)COC(=O)c2cc(SC)ccc2Cl)cc1. The van der Waals surface area contributed by atoms with Gasteiger partial charge in [-0.3, -0.25) is 4.79 Å². The smallest absolute Gasteiger partial charge is 0.340 e. The van der Waals surface area contributed by atoms with Gasteiger partial charge in [0.15, 0.2) is 12.4 Å². The summed E-state index contributed by atoms with van der Waals surface area (Å²) in [7, 11) is 1.55. The van der Waals surface area contributed by atoms with Crippen molar-refractivity contribution < 1.29 is 19.1 Å². The fraction of sp³-hybridized carbons (Fsp3) is 0.176. The molecule has 120 valence electrons. The second-order valence-corrected chi connectivity index (χ2v) is 5.86. The van der Waals surface area contributed by atoms with E-state index in [1.165, 1.54) is 11.8 Å². The number of carbonyl (C=O) groups is 2. The predicted octanol–water partition coefficient (Wildman–Crippen LogP) is 4.11. The fourth-order valence-corrected chi connectivity index (χ4v) is 2.49. The number of esters is 1. The van der Waals surface area contributed by atoms with Gasteiger partial charge in [-0.2, -0.15) is 0 Å². The molecule has 0 aliphatic heterocycles. The van der Waals surface area contributed by atoms with E-state index >= 15 is 0 Å². The molecule has 2 rings (SSSR count). The Morgan fingerprint density at radius 2 is 1.83 bits per heavy atom. The van der Waals surface area contributed by atoms with Gasteiger partial charge in [0.25, 0.3) is 0 Å². The third-order valence-corrected chi connectivity index (χ3v) is 4.19. The highest BCUT2D eigenvalue weighted by Crippen LogP contribution is 2.23. The summed E-state index contributed by atoms with van der Waals surface area (Å²) < 4.78 is 10.1. The first-order valence-electron chi connectivity index (χ1n) is 6.73. The van der Waals surface area contributed by atoms with Gasteiger partial charge in [0.2, 0.25) is 0 Å². The fourth-order valence-electron chi connectivity index (χ4n) is 1.86. The van der Waals surface area contributed by atoms with E-state index in [0.717, 1.165) is 4.90 Å². The molecule has 0 radical (unpaired) electrons. The van der Waals surface area contributed by atoms with Gasteiger partial charge >= 0.3 is 5.97 Å². The van der Waals surface area contributed by atoms with Gasteiger partial charge in [-0.05, 0) is 48.7 Å². The van der Waals surface area contributed by atoms with Crippen LogP contribution in [0.25, 0.3) is 0 Å². The van der Waals surface area contributed by atoms with Crippen molar-refractivity contribution in [3.8, 4) is 5.75 Å². The molecule has 0 fully saturated rings. The lowest BCUT2D eigenvalue weighted by Crippen LogP contribution is -2.14. The highest BCUT2D eigenvalue weighted by molar-refractivity contribution is 7.98. The maximum Gasteiger partial charge on any atom is 0.340 e. The molecule has 6 heteroatoms. The van der Waals surface area contributed by atoms with Gasteiger partial charge < -0.3 is 9.47 Å². The number of halogens is 1. The quantitative estimate of drug-likeness (QED) is 0.446. The lowest BCUT2D eigenvalue weighted by atomic mass is 10.1. The summed E-state index contributed by atoms with van der Waals surface area (Å²) in [6.07, 6.45) is 1.89. The molecule has 0 aliphatic rings. The Morgan fingerprint density at radius 1 is 1.13 bits per heavy atom. The van der Waals surface area contributed by atoms with Crippen LogP contribution in [-0.2, 0) is 4.74 Å². The van der Waals surface area contributed by atoms with E-state index < -0.39 is 5.97 Å². The van der Waals surface area contributed by atoms with Crippen molar-refractivity contribution in [2.75, 3.05) is 20.0 Å². The molecule has 2 aromatic carbocycles. The van der Waals surface area contributed by atoms with Crippen molar-refractivity contribution in [3.63, 3.8) is 0 Å². The predicted molar refractivity (Wildman–Crippen MR) is 90.8 cm³/mol. The standard InChI is InChI=1S/C17H15ClO4S/c1-21-12-5-3-11(4-6-12)16(19)10-22-17(20)14-9-13(23-2)7-8-15(14)18/h3-9H,10H2,1-2H3. The van der Waals surface area contributed by atoms with Crippen LogP contribution >= 0.6 is 23.4 Å². The molecule has 0 unspecified atom stereocenters. The number of hydrogen-bond donors (Lipinski definition) is 0. The summed E-state index contributed by atoms with van der Waals surface area (Å²) >= 11 is 7.49. The van der Waals surface area contributed by atoms with Crippen molar-refractivity contribution in [1.82, 2.24) is 0 Å². The van der Waals surface area contributed by atoms with Gasteiger partial charge in [0.1, 0.15) is 5.75 Å². The molecular weight excluding hydrogens is 336 g/mol. The van der Waals surface area contributed by atoms with Crippen molar-refractivity contribution in [2.45, 2.75) is 4.90 Å². The molecule has 0 N–H and O–H groups in total. The van der Waals surface area contributed by atoms with E-state index in [1.54, 1.807) is 43.5 Å². The summed E-state index contributed by atoms with van der Waals surface area (Å²) in [5.41, 5.74) is 0.698. The Morgan fingerprint density at radius 3 is 2.43 bits per heavy atom. The van der Waals surface area contributed by atoms with Crippen LogP contribution in [0, 0.1) is 0 Å². The summed E-state index contributed by atoms with van der Waals surface area (Å²) in [5.74, 6) is -0.259. The summed E-state index contributed by atoms with van der Waals surface area (Å²) in [6.45, 7) is -0.342. The van der Waals surface area contributed by atoms with Gasteiger partial charge in [-0.15, -0.1) is 11.8 Å². The summed E-state index contributed by atoms with van der Waals surface area (Å²) in [4.78, 5) is 25.0. The van der Waals surface area contributed by atoms with Crippen LogP contribution in [0.4, 0.5) is 0 Å². The zero-order chi connectivity index (χ0) is 16.8. The van der Waals surface area contributed by atoms with E-state index in [4.69, 9.17) is 21.1 Å². The van der Waals surface area contributed by atoms with E-state index in [1.807, 2.05) is 12.3 Å². The van der Waals surface area contributed by atoms with E-state index in [2.05, 4.69) is 0 Å². The average molecular weight is 351 g/mol. The molecule has 0 spiro atoms. The number of rotatable bonds is 6. The molecule has 23 heavy (non-hydrogen) atoms. The van der Waals surface area contributed by atoms with Crippen molar-refractivity contribution in [2.24, 2.45) is 0 Å². The minimum absolute atomic E-state index is 0.251. The number of methoxy groups -OCH3 is 1. The zero-order valence-corrected chi connectivity index (χ0v) is 14.2. The van der Waals surface area contributed by atoms with E-state index in [-0.39, 0.29) is 18.0 Å². The minimum atomic E-state index is -0.618. The molecule has 2 aromatic rings. The zero-order valence-electron chi connectivity index (χ0n) is 12.7. The van der Waals surface area contributed by atoms with Crippen LogP contribution in [0.15, 0.2) is 47.4 Å². The molecule has 0 saturated carbocycles. The first-order valence-corrected chi connectivity index (χ1v) is 8.33. The molecule has 4 nitrogen and oxygen atoms in total. The highest BCUT2D eigenvalue weighted by atomic mass is 35.5. The maximum absolute atomic E-state index is 12.1. The molecule has 0 bridgehead atoms. The third kappa shape index (κ3) is 4.50. The Kier molecular flexibility index (Phi) is 6.07. The number of ether oxygens (including phenoxy) is 2. The second kappa shape index (κ2) is 8.04. The number of benzene rings is 2. The van der Waals surface area contributed by atoms with Crippen LogP contribution in [0.2, 0.25) is 5.02 Å². The van der Waals surface area contributed by atoms with E-state index in [9.17, 15) is 9.59 Å². The number of ketones is 1. The topological polar surface area (TPSA) is 52.6 Å². The normalized spacial score (nSPS) is 10.2. The van der Waals surface area contributed by atoms with Crippen molar-refractivity contribution in [1.29, 1.82) is 0 Å². The Balaban J connectivity index is 2.02.